The first-order chi connectivity index (χ1) is 11.7. The number of benzene rings is 1. The molecular weight excluding hydrogens is 340 g/mol. The molecule has 1 aliphatic heterocycles. The monoisotopic (exact) mass is 364 g/mol. The number of carbonyl (C=O) groups is 1. The van der Waals surface area contributed by atoms with Crippen molar-refractivity contribution in [1.82, 2.24) is 20.4 Å². The number of hydrogen-bond donors (Lipinski definition) is 2. The van der Waals surface area contributed by atoms with Crippen molar-refractivity contribution in [2.75, 3.05) is 20.2 Å². The van der Waals surface area contributed by atoms with E-state index in [9.17, 15) is 4.79 Å². The lowest BCUT2D eigenvalue weighted by Crippen LogP contribution is -2.54. The highest BCUT2D eigenvalue weighted by Crippen LogP contribution is 2.27. The predicted octanol–water partition coefficient (Wildman–Crippen LogP) is 1.85. The van der Waals surface area contributed by atoms with Gasteiger partial charge in [-0.3, -0.25) is 9.48 Å². The lowest BCUT2D eigenvalue weighted by atomic mass is 9.87. The maximum atomic E-state index is 12.9. The van der Waals surface area contributed by atoms with Gasteiger partial charge in [0.2, 0.25) is 5.91 Å². The molecule has 0 unspecified atom stereocenters. The van der Waals surface area contributed by atoms with Crippen LogP contribution in [0, 0.1) is 0 Å². The molecule has 136 valence electrons. The summed E-state index contributed by atoms with van der Waals surface area (Å²) in [5.41, 5.74) is 1.61. The predicted molar refractivity (Wildman–Crippen MR) is 98.6 cm³/mol. The number of piperidine rings is 1. The quantitative estimate of drug-likeness (QED) is 0.820. The van der Waals surface area contributed by atoms with Crippen molar-refractivity contribution in [1.29, 1.82) is 0 Å². The Hall–Kier alpha value is -1.89. The number of methoxy groups -OCH3 is 1. The van der Waals surface area contributed by atoms with Crippen molar-refractivity contribution in [2.45, 2.75) is 31.5 Å². The highest BCUT2D eigenvalue weighted by molar-refractivity contribution is 5.85. The third-order valence-corrected chi connectivity index (χ3v) is 4.58. The summed E-state index contributed by atoms with van der Waals surface area (Å²) in [6, 6.07) is 9.97. The van der Waals surface area contributed by atoms with E-state index in [4.69, 9.17) is 4.74 Å². The highest BCUT2D eigenvalue weighted by Gasteiger charge is 2.41. The molecule has 25 heavy (non-hydrogen) atoms. The second-order valence-electron chi connectivity index (χ2n) is 6.16. The Balaban J connectivity index is 0.00000225. The van der Waals surface area contributed by atoms with Crippen molar-refractivity contribution in [2.24, 2.45) is 0 Å². The van der Waals surface area contributed by atoms with Crippen LogP contribution in [0.5, 0.6) is 0 Å². The zero-order valence-electron chi connectivity index (χ0n) is 14.4. The molecule has 2 N–H and O–H groups in total. The Morgan fingerprint density at radius 2 is 1.96 bits per heavy atom. The SMILES string of the molecule is COCc1ccc(CNC(=O)C2(n3cccn3)CCNCC2)cc1.Cl. The van der Waals surface area contributed by atoms with E-state index in [-0.39, 0.29) is 18.3 Å². The van der Waals surface area contributed by atoms with Crippen LogP contribution in [0.4, 0.5) is 0 Å². The van der Waals surface area contributed by atoms with E-state index in [1.165, 1.54) is 0 Å². The average Bonchev–Trinajstić information content (AvgIpc) is 3.17. The van der Waals surface area contributed by atoms with Gasteiger partial charge in [0.15, 0.2) is 0 Å². The normalized spacial score (nSPS) is 16.0. The number of nitrogens with one attached hydrogen (secondary N) is 2. The molecule has 0 aliphatic carbocycles. The molecule has 2 aromatic rings. The minimum absolute atomic E-state index is 0. The minimum atomic E-state index is -0.593. The molecule has 1 saturated heterocycles. The molecule has 1 amide bonds. The molecule has 2 heterocycles. The summed E-state index contributed by atoms with van der Waals surface area (Å²) in [4.78, 5) is 12.9. The first-order valence-corrected chi connectivity index (χ1v) is 8.30. The Labute approximate surface area is 154 Å². The summed E-state index contributed by atoms with van der Waals surface area (Å²) in [7, 11) is 1.68. The van der Waals surface area contributed by atoms with Crippen molar-refractivity contribution in [3.63, 3.8) is 0 Å². The number of carbonyl (C=O) groups excluding carboxylic acids is 1. The number of rotatable bonds is 6. The van der Waals surface area contributed by atoms with E-state index >= 15 is 0 Å². The summed E-state index contributed by atoms with van der Waals surface area (Å²) in [5, 5.41) is 10.7. The van der Waals surface area contributed by atoms with Crippen molar-refractivity contribution in [3.05, 3.63) is 53.9 Å². The van der Waals surface area contributed by atoms with E-state index in [0.717, 1.165) is 37.1 Å². The van der Waals surface area contributed by atoms with E-state index < -0.39 is 5.54 Å². The van der Waals surface area contributed by atoms with Gasteiger partial charge in [-0.1, -0.05) is 24.3 Å². The Bertz CT molecular complexity index is 652. The molecule has 7 heteroatoms. The molecule has 1 fully saturated rings. The molecule has 0 atom stereocenters. The molecule has 0 bridgehead atoms. The second kappa shape index (κ2) is 8.99. The zero-order chi connectivity index (χ0) is 16.8. The first kappa shape index (κ1) is 19.4. The molecule has 1 aromatic carbocycles. The van der Waals surface area contributed by atoms with Crippen LogP contribution in [0.3, 0.4) is 0 Å². The second-order valence-corrected chi connectivity index (χ2v) is 6.16. The molecule has 3 rings (SSSR count). The molecule has 1 aliphatic rings. The fourth-order valence-corrected chi connectivity index (χ4v) is 3.19. The number of halogens is 1. The fourth-order valence-electron chi connectivity index (χ4n) is 3.19. The molecule has 0 saturated carbocycles. The maximum Gasteiger partial charge on any atom is 0.248 e. The van der Waals surface area contributed by atoms with Crippen LogP contribution in [-0.2, 0) is 28.2 Å². The smallest absolute Gasteiger partial charge is 0.248 e. The van der Waals surface area contributed by atoms with Crippen molar-refractivity contribution < 1.29 is 9.53 Å². The summed E-state index contributed by atoms with van der Waals surface area (Å²) in [5.74, 6) is 0.0358. The molecule has 6 nitrogen and oxygen atoms in total. The van der Waals surface area contributed by atoms with Crippen molar-refractivity contribution >= 4 is 18.3 Å². The van der Waals surface area contributed by atoms with Gasteiger partial charge in [0.25, 0.3) is 0 Å². The van der Waals surface area contributed by atoms with Crippen LogP contribution in [0.2, 0.25) is 0 Å². The third-order valence-electron chi connectivity index (χ3n) is 4.58. The minimum Gasteiger partial charge on any atom is -0.380 e. The fraction of sp³-hybridized carbons (Fsp3) is 0.444. The average molecular weight is 365 g/mol. The van der Waals surface area contributed by atoms with Crippen LogP contribution in [0.1, 0.15) is 24.0 Å². The maximum absolute atomic E-state index is 12.9. The van der Waals surface area contributed by atoms with Gasteiger partial charge in [-0.25, -0.2) is 0 Å². The van der Waals surface area contributed by atoms with Gasteiger partial charge < -0.3 is 15.4 Å². The lowest BCUT2D eigenvalue weighted by Gasteiger charge is -2.36. The largest absolute Gasteiger partial charge is 0.380 e. The summed E-state index contributed by atoms with van der Waals surface area (Å²) in [6.45, 7) is 2.75. The number of hydrogen-bond acceptors (Lipinski definition) is 4. The summed E-state index contributed by atoms with van der Waals surface area (Å²) < 4.78 is 6.92. The molecule has 0 spiro atoms. The van der Waals surface area contributed by atoms with Crippen LogP contribution < -0.4 is 10.6 Å². The first-order valence-electron chi connectivity index (χ1n) is 8.30. The van der Waals surface area contributed by atoms with Crippen LogP contribution in [0.25, 0.3) is 0 Å². The van der Waals surface area contributed by atoms with Crippen LogP contribution in [-0.4, -0.2) is 35.9 Å². The van der Waals surface area contributed by atoms with E-state index in [1.54, 1.807) is 13.3 Å². The number of nitrogens with zero attached hydrogens (tertiary/aromatic N) is 2. The van der Waals surface area contributed by atoms with Gasteiger partial charge in [0.05, 0.1) is 6.61 Å². The Morgan fingerprint density at radius 1 is 1.28 bits per heavy atom. The molecular formula is C18H25ClN4O2. The van der Waals surface area contributed by atoms with Gasteiger partial charge >= 0.3 is 0 Å². The molecule has 0 radical (unpaired) electrons. The number of ether oxygens (including phenoxy) is 1. The topological polar surface area (TPSA) is 68.2 Å². The lowest BCUT2D eigenvalue weighted by molar-refractivity contribution is -0.132. The van der Waals surface area contributed by atoms with Crippen molar-refractivity contribution in [3.8, 4) is 0 Å². The van der Waals surface area contributed by atoms with Crippen LogP contribution >= 0.6 is 12.4 Å². The Kier molecular flexibility index (Phi) is 6.99. The Morgan fingerprint density at radius 3 is 2.56 bits per heavy atom. The molecule has 1 aromatic heterocycles. The summed E-state index contributed by atoms with van der Waals surface area (Å²) >= 11 is 0. The number of amides is 1. The van der Waals surface area contributed by atoms with Gasteiger partial charge in [0.1, 0.15) is 5.54 Å². The standard InChI is InChI=1S/C18H24N4O2.ClH/c1-24-14-16-5-3-15(4-6-16)13-20-17(23)18(7-10-19-11-8-18)22-12-2-9-21-22;/h2-6,9,12,19H,7-8,10-11,13-14H2,1H3,(H,20,23);1H. The van der Waals surface area contributed by atoms with Gasteiger partial charge in [0, 0.05) is 26.0 Å². The third kappa shape index (κ3) is 4.39. The van der Waals surface area contributed by atoms with E-state index in [2.05, 4.69) is 15.7 Å². The van der Waals surface area contributed by atoms with E-state index in [0.29, 0.717) is 13.2 Å². The zero-order valence-corrected chi connectivity index (χ0v) is 15.2. The van der Waals surface area contributed by atoms with E-state index in [1.807, 2.05) is 41.2 Å². The van der Waals surface area contributed by atoms with Gasteiger partial charge in [-0.2, -0.15) is 5.10 Å². The number of aromatic nitrogens is 2. The van der Waals surface area contributed by atoms with Gasteiger partial charge in [-0.15, -0.1) is 12.4 Å². The highest BCUT2D eigenvalue weighted by atomic mass is 35.5. The summed E-state index contributed by atoms with van der Waals surface area (Å²) in [6.07, 6.45) is 5.09. The van der Waals surface area contributed by atoms with Crippen LogP contribution in [0.15, 0.2) is 42.7 Å². The van der Waals surface area contributed by atoms with Gasteiger partial charge in [-0.05, 0) is 43.1 Å².